The van der Waals surface area contributed by atoms with Crippen LogP contribution >= 0.6 is 11.3 Å². The lowest BCUT2D eigenvalue weighted by Gasteiger charge is -2.24. The Balaban J connectivity index is 1.47. The van der Waals surface area contributed by atoms with Gasteiger partial charge >= 0.3 is 17.9 Å². The number of hydrogen-bond acceptors (Lipinski definition) is 10. The summed E-state index contributed by atoms with van der Waals surface area (Å²) in [7, 11) is 0. The SMILES string of the molecule is NC(N)=Nc1nc([C@@H]2O[C@H](COC(=O)c3ccccc3)[C@@H](OC(=O)c3ccccc3)[C@H]2OC(=O)c2ccccc2)cs1. The second-order valence-electron chi connectivity index (χ2n) is 9.12. The number of benzene rings is 3. The third kappa shape index (κ3) is 6.79. The molecule has 2 heterocycles. The molecule has 0 unspecified atom stereocenters. The Morgan fingerprint density at radius 3 is 1.79 bits per heavy atom. The highest BCUT2D eigenvalue weighted by Crippen LogP contribution is 2.39. The molecule has 11 nitrogen and oxygen atoms in total. The van der Waals surface area contributed by atoms with Gasteiger partial charge in [-0.15, -0.1) is 11.3 Å². The van der Waals surface area contributed by atoms with Crippen molar-refractivity contribution in [1.82, 2.24) is 4.98 Å². The summed E-state index contributed by atoms with van der Waals surface area (Å²) < 4.78 is 23.6. The van der Waals surface area contributed by atoms with E-state index in [1.165, 1.54) is 0 Å². The van der Waals surface area contributed by atoms with Crippen molar-refractivity contribution in [2.24, 2.45) is 16.5 Å². The Morgan fingerprint density at radius 2 is 1.26 bits per heavy atom. The van der Waals surface area contributed by atoms with Gasteiger partial charge in [0.05, 0.1) is 22.4 Å². The average molecular weight is 587 g/mol. The molecule has 5 rings (SSSR count). The third-order valence-electron chi connectivity index (χ3n) is 6.23. The van der Waals surface area contributed by atoms with Gasteiger partial charge in [0.25, 0.3) is 0 Å². The molecule has 0 radical (unpaired) electrons. The zero-order valence-corrected chi connectivity index (χ0v) is 22.9. The van der Waals surface area contributed by atoms with Crippen LogP contribution in [0.4, 0.5) is 5.13 Å². The van der Waals surface area contributed by atoms with Crippen molar-refractivity contribution in [1.29, 1.82) is 0 Å². The molecular weight excluding hydrogens is 560 g/mol. The molecule has 1 saturated heterocycles. The van der Waals surface area contributed by atoms with Gasteiger partial charge in [-0.05, 0) is 36.4 Å². The van der Waals surface area contributed by atoms with Gasteiger partial charge in [0.2, 0.25) is 5.13 Å². The second-order valence-corrected chi connectivity index (χ2v) is 9.96. The summed E-state index contributed by atoms with van der Waals surface area (Å²) in [4.78, 5) is 47.5. The molecule has 1 fully saturated rings. The Bertz CT molecular complexity index is 1560. The maximum atomic E-state index is 13.2. The molecule has 4 atom stereocenters. The number of nitrogens with two attached hydrogens (primary N) is 2. The van der Waals surface area contributed by atoms with E-state index in [1.807, 2.05) is 0 Å². The predicted molar refractivity (Wildman–Crippen MR) is 153 cm³/mol. The normalized spacial score (nSPS) is 19.4. The maximum Gasteiger partial charge on any atom is 0.338 e. The quantitative estimate of drug-likeness (QED) is 0.127. The highest BCUT2D eigenvalue weighted by atomic mass is 32.1. The monoisotopic (exact) mass is 586 g/mol. The predicted octanol–water partition coefficient (Wildman–Crippen LogP) is 3.80. The van der Waals surface area contributed by atoms with Gasteiger partial charge in [-0.2, -0.15) is 4.99 Å². The molecule has 0 saturated carbocycles. The molecule has 1 aliphatic heterocycles. The third-order valence-corrected chi connectivity index (χ3v) is 6.98. The van der Waals surface area contributed by atoms with Crippen LogP contribution in [0.2, 0.25) is 0 Å². The zero-order valence-electron chi connectivity index (χ0n) is 22.1. The van der Waals surface area contributed by atoms with Crippen LogP contribution in [0.3, 0.4) is 0 Å². The smallest absolute Gasteiger partial charge is 0.338 e. The van der Waals surface area contributed by atoms with Crippen LogP contribution in [0.25, 0.3) is 0 Å². The van der Waals surface area contributed by atoms with E-state index in [-0.39, 0.29) is 28.8 Å². The molecule has 0 amide bonds. The molecule has 214 valence electrons. The van der Waals surface area contributed by atoms with E-state index in [2.05, 4.69) is 9.98 Å². The number of aromatic nitrogens is 1. The number of nitrogens with zero attached hydrogens (tertiary/aromatic N) is 2. The number of aliphatic imine (C=N–C) groups is 1. The zero-order chi connectivity index (χ0) is 29.5. The summed E-state index contributed by atoms with van der Waals surface area (Å²) in [6.07, 6.45) is -4.37. The van der Waals surface area contributed by atoms with Crippen LogP contribution in [0.1, 0.15) is 42.9 Å². The van der Waals surface area contributed by atoms with E-state index >= 15 is 0 Å². The van der Waals surface area contributed by atoms with Gasteiger partial charge in [0, 0.05) is 5.38 Å². The number of esters is 3. The van der Waals surface area contributed by atoms with Gasteiger partial charge in [-0.25, -0.2) is 19.4 Å². The number of rotatable bonds is 9. The van der Waals surface area contributed by atoms with Gasteiger partial charge in [-0.1, -0.05) is 54.6 Å². The van der Waals surface area contributed by atoms with Crippen molar-refractivity contribution in [3.8, 4) is 0 Å². The van der Waals surface area contributed by atoms with Crippen molar-refractivity contribution in [2.45, 2.75) is 24.4 Å². The summed E-state index contributed by atoms with van der Waals surface area (Å²) in [6.45, 7) is -0.304. The van der Waals surface area contributed by atoms with E-state index in [4.69, 9.17) is 30.4 Å². The first kappa shape index (κ1) is 28.5. The first-order chi connectivity index (χ1) is 20.4. The van der Waals surface area contributed by atoms with Crippen LogP contribution < -0.4 is 11.5 Å². The molecule has 0 spiro atoms. The lowest BCUT2D eigenvalue weighted by molar-refractivity contribution is -0.0451. The minimum atomic E-state index is -1.17. The van der Waals surface area contributed by atoms with Crippen molar-refractivity contribution in [3.05, 3.63) is 119 Å². The lowest BCUT2D eigenvalue weighted by Crippen LogP contribution is -2.40. The van der Waals surface area contributed by atoms with E-state index in [9.17, 15) is 14.4 Å². The highest BCUT2D eigenvalue weighted by molar-refractivity contribution is 7.13. The van der Waals surface area contributed by atoms with E-state index in [1.54, 1.807) is 96.4 Å². The highest BCUT2D eigenvalue weighted by Gasteiger charge is 2.51. The standard InChI is InChI=1S/C30H26N4O7S/c31-29(32)34-30-33-21(17-42-30)23-25(41-28(37)20-14-8-3-9-15-20)24(40-27(36)19-12-6-2-7-13-19)22(39-23)16-38-26(35)18-10-4-1-5-11-18/h1-15,17,22-25H,16H2,(H4,31,32,33,34)/t22-,23+,24-,25+/m1/s1. The summed E-state index contributed by atoms with van der Waals surface area (Å²) in [5, 5.41) is 1.89. The first-order valence-electron chi connectivity index (χ1n) is 12.8. The average Bonchev–Trinajstić information content (AvgIpc) is 3.61. The fraction of sp³-hybridized carbons (Fsp3) is 0.167. The van der Waals surface area contributed by atoms with Gasteiger partial charge in [-0.3, -0.25) is 0 Å². The lowest BCUT2D eigenvalue weighted by atomic mass is 10.0. The van der Waals surface area contributed by atoms with Gasteiger partial charge in [0.1, 0.15) is 18.8 Å². The van der Waals surface area contributed by atoms with Crippen LogP contribution in [0.15, 0.2) is 101 Å². The largest absolute Gasteiger partial charge is 0.459 e. The second kappa shape index (κ2) is 13.1. The number of ether oxygens (including phenoxy) is 4. The Kier molecular flexibility index (Phi) is 8.85. The van der Waals surface area contributed by atoms with Crippen LogP contribution in [-0.4, -0.2) is 53.8 Å². The van der Waals surface area contributed by atoms with E-state index < -0.39 is 42.3 Å². The maximum absolute atomic E-state index is 13.2. The van der Waals surface area contributed by atoms with Crippen molar-refractivity contribution < 1.29 is 33.3 Å². The van der Waals surface area contributed by atoms with Gasteiger partial charge in [0.15, 0.2) is 18.2 Å². The van der Waals surface area contributed by atoms with Crippen LogP contribution in [-0.2, 0) is 18.9 Å². The molecule has 42 heavy (non-hydrogen) atoms. The molecule has 1 aromatic heterocycles. The van der Waals surface area contributed by atoms with Crippen molar-refractivity contribution in [2.75, 3.05) is 6.61 Å². The van der Waals surface area contributed by atoms with Crippen molar-refractivity contribution >= 4 is 40.3 Å². The molecule has 0 aliphatic carbocycles. The number of carbonyl (C=O) groups excluding carboxylic acids is 3. The Labute approximate surface area is 244 Å². The molecular formula is C30H26N4O7S. The fourth-order valence-corrected chi connectivity index (χ4v) is 5.02. The van der Waals surface area contributed by atoms with Gasteiger partial charge < -0.3 is 30.4 Å². The minimum absolute atomic E-state index is 0.185. The fourth-order valence-electron chi connectivity index (χ4n) is 4.29. The molecule has 0 bridgehead atoms. The Morgan fingerprint density at radius 1 is 0.762 bits per heavy atom. The molecule has 3 aromatic carbocycles. The first-order valence-corrected chi connectivity index (χ1v) is 13.7. The molecule has 1 aliphatic rings. The summed E-state index contributed by atoms with van der Waals surface area (Å²) >= 11 is 1.14. The molecule has 12 heteroatoms. The summed E-state index contributed by atoms with van der Waals surface area (Å²) in [5.74, 6) is -2.13. The van der Waals surface area contributed by atoms with Crippen LogP contribution in [0.5, 0.6) is 0 Å². The summed E-state index contributed by atoms with van der Waals surface area (Å²) in [5.41, 5.74) is 12.2. The molecule has 4 N–H and O–H groups in total. The molecule has 4 aromatic rings. The Hall–Kier alpha value is -5.07. The van der Waals surface area contributed by atoms with Crippen molar-refractivity contribution in [3.63, 3.8) is 0 Å². The van der Waals surface area contributed by atoms with E-state index in [0.717, 1.165) is 11.3 Å². The topological polar surface area (TPSA) is 165 Å². The minimum Gasteiger partial charge on any atom is -0.459 e. The number of guanidine groups is 1. The number of hydrogen-bond donors (Lipinski definition) is 2. The number of carbonyl (C=O) groups is 3. The number of thiazole rings is 1. The van der Waals surface area contributed by atoms with E-state index in [0.29, 0.717) is 11.3 Å². The summed E-state index contributed by atoms with van der Waals surface area (Å²) in [6, 6.07) is 25.1. The van der Waals surface area contributed by atoms with Crippen LogP contribution in [0, 0.1) is 0 Å².